The summed E-state index contributed by atoms with van der Waals surface area (Å²) in [5.41, 5.74) is 2.47. The van der Waals surface area contributed by atoms with E-state index in [1.54, 1.807) is 6.20 Å². The number of aromatic nitrogens is 1. The number of hydrogen-bond acceptors (Lipinski definition) is 5. The summed E-state index contributed by atoms with van der Waals surface area (Å²) in [6, 6.07) is 26.2. The van der Waals surface area contributed by atoms with E-state index in [2.05, 4.69) is 29.2 Å². The Morgan fingerprint density at radius 3 is 2.27 bits per heavy atom. The van der Waals surface area contributed by atoms with Gasteiger partial charge in [-0.1, -0.05) is 66.7 Å². The first-order valence-electron chi connectivity index (χ1n) is 10.3. The van der Waals surface area contributed by atoms with Gasteiger partial charge < -0.3 is 18.9 Å². The molecule has 5 heteroatoms. The Morgan fingerprint density at radius 1 is 0.867 bits per heavy atom. The fraction of sp³-hybridized carbons (Fsp3) is 0.320. The number of ether oxygens (including phenoxy) is 4. The summed E-state index contributed by atoms with van der Waals surface area (Å²) in [6.45, 7) is 1.89. The van der Waals surface area contributed by atoms with Crippen molar-refractivity contribution >= 4 is 0 Å². The Labute approximate surface area is 176 Å². The monoisotopic (exact) mass is 403 g/mol. The zero-order valence-electron chi connectivity index (χ0n) is 16.7. The third kappa shape index (κ3) is 3.89. The van der Waals surface area contributed by atoms with Gasteiger partial charge in [-0.2, -0.15) is 0 Å². The molecular formula is C25H25NO4. The lowest BCUT2D eigenvalue weighted by Crippen LogP contribution is -2.46. The maximum atomic E-state index is 6.54. The maximum Gasteiger partial charge on any atom is 0.144 e. The minimum absolute atomic E-state index is 0.205. The van der Waals surface area contributed by atoms with Gasteiger partial charge in [-0.25, -0.2) is 0 Å². The van der Waals surface area contributed by atoms with Gasteiger partial charge in [0.05, 0.1) is 32.1 Å². The van der Waals surface area contributed by atoms with E-state index >= 15 is 0 Å². The SMILES string of the molecule is c1ccc(COC[C@@]23CO[C@@H]([C@H](c4ccccn4)O2)[C@@H]3OCc2ccccc2)cc1. The average Bonchev–Trinajstić information content (AvgIpc) is 3.31. The van der Waals surface area contributed by atoms with Crippen molar-refractivity contribution in [3.8, 4) is 0 Å². The van der Waals surface area contributed by atoms with Crippen molar-refractivity contribution in [1.82, 2.24) is 4.98 Å². The number of benzene rings is 2. The highest BCUT2D eigenvalue weighted by molar-refractivity contribution is 5.20. The number of hydrogen-bond donors (Lipinski definition) is 0. The van der Waals surface area contributed by atoms with Gasteiger partial charge in [0.2, 0.25) is 0 Å². The summed E-state index contributed by atoms with van der Waals surface area (Å²) in [4.78, 5) is 4.49. The van der Waals surface area contributed by atoms with Crippen molar-refractivity contribution in [2.45, 2.75) is 37.1 Å². The van der Waals surface area contributed by atoms with E-state index in [1.807, 2.05) is 54.6 Å². The summed E-state index contributed by atoms with van der Waals surface area (Å²) in [7, 11) is 0. The lowest BCUT2D eigenvalue weighted by Gasteiger charge is -2.31. The summed E-state index contributed by atoms with van der Waals surface area (Å²) in [6.07, 6.45) is 1.09. The highest BCUT2D eigenvalue weighted by atomic mass is 16.7. The van der Waals surface area contributed by atoms with Gasteiger partial charge >= 0.3 is 0 Å². The second kappa shape index (κ2) is 8.66. The molecule has 0 amide bonds. The molecule has 0 spiro atoms. The van der Waals surface area contributed by atoms with E-state index in [1.165, 1.54) is 0 Å². The number of rotatable bonds is 8. The van der Waals surface area contributed by atoms with E-state index in [9.17, 15) is 0 Å². The van der Waals surface area contributed by atoms with E-state index in [0.717, 1.165) is 16.8 Å². The normalized spacial score (nSPS) is 27.4. The zero-order valence-corrected chi connectivity index (χ0v) is 16.7. The fourth-order valence-electron chi connectivity index (χ4n) is 4.23. The van der Waals surface area contributed by atoms with Crippen molar-refractivity contribution in [1.29, 1.82) is 0 Å². The molecule has 2 aliphatic heterocycles. The molecule has 2 fully saturated rings. The van der Waals surface area contributed by atoms with Crippen molar-refractivity contribution in [2.24, 2.45) is 0 Å². The third-order valence-corrected chi connectivity index (χ3v) is 5.71. The quantitative estimate of drug-likeness (QED) is 0.567. The van der Waals surface area contributed by atoms with Gasteiger partial charge in [0, 0.05) is 6.20 Å². The highest BCUT2D eigenvalue weighted by Crippen LogP contribution is 2.48. The van der Waals surface area contributed by atoms with Crippen LogP contribution in [0.5, 0.6) is 0 Å². The second-order valence-electron chi connectivity index (χ2n) is 7.83. The van der Waals surface area contributed by atoms with Crippen LogP contribution >= 0.6 is 0 Å². The predicted molar refractivity (Wildman–Crippen MR) is 112 cm³/mol. The van der Waals surface area contributed by atoms with Gasteiger partial charge in [-0.3, -0.25) is 4.98 Å². The topological polar surface area (TPSA) is 49.8 Å². The Kier molecular flexibility index (Phi) is 5.60. The van der Waals surface area contributed by atoms with Crippen LogP contribution in [0.15, 0.2) is 85.1 Å². The number of pyridine rings is 1. The molecule has 4 atom stereocenters. The molecule has 5 rings (SSSR count). The second-order valence-corrected chi connectivity index (χ2v) is 7.83. The summed E-state index contributed by atoms with van der Waals surface area (Å²) in [5, 5.41) is 0. The molecule has 0 saturated carbocycles. The van der Waals surface area contributed by atoms with Crippen LogP contribution in [0.25, 0.3) is 0 Å². The molecule has 1 aromatic heterocycles. The zero-order chi connectivity index (χ0) is 20.2. The standard InChI is InChI=1S/C25H25NO4/c1-3-9-19(10-4-1)15-27-17-25-18-29-23(22(30-25)21-13-7-8-14-26-21)24(25)28-16-20-11-5-2-6-12-20/h1-14,22-24H,15-18H2/t22-,23-,24-,25-/m0/s1. The molecule has 2 saturated heterocycles. The van der Waals surface area contributed by atoms with Gasteiger partial charge in [0.25, 0.3) is 0 Å². The first kappa shape index (κ1) is 19.4. The molecule has 0 unspecified atom stereocenters. The first-order chi connectivity index (χ1) is 14.8. The molecule has 3 aromatic rings. The Morgan fingerprint density at radius 2 is 1.57 bits per heavy atom. The third-order valence-electron chi connectivity index (χ3n) is 5.71. The largest absolute Gasteiger partial charge is 0.374 e. The maximum absolute atomic E-state index is 6.54. The summed E-state index contributed by atoms with van der Waals surface area (Å²) >= 11 is 0. The molecule has 0 radical (unpaired) electrons. The summed E-state index contributed by atoms with van der Waals surface area (Å²) in [5.74, 6) is 0. The molecule has 154 valence electrons. The molecule has 2 bridgehead atoms. The van der Waals surface area contributed by atoms with Crippen LogP contribution in [0.3, 0.4) is 0 Å². The van der Waals surface area contributed by atoms with Gasteiger partial charge in [0.1, 0.15) is 23.9 Å². The minimum atomic E-state index is -0.642. The van der Waals surface area contributed by atoms with E-state index in [4.69, 9.17) is 18.9 Å². The van der Waals surface area contributed by atoms with Crippen molar-refractivity contribution in [2.75, 3.05) is 13.2 Å². The lowest BCUT2D eigenvalue weighted by molar-refractivity contribution is -0.177. The molecule has 5 nitrogen and oxygen atoms in total. The van der Waals surface area contributed by atoms with Crippen LogP contribution in [0.1, 0.15) is 22.9 Å². The molecule has 0 aliphatic carbocycles. The van der Waals surface area contributed by atoms with E-state index < -0.39 is 5.60 Å². The molecule has 2 aromatic carbocycles. The van der Waals surface area contributed by atoms with Gasteiger partial charge in [-0.15, -0.1) is 0 Å². The van der Waals surface area contributed by atoms with Crippen LogP contribution < -0.4 is 0 Å². The smallest absolute Gasteiger partial charge is 0.144 e. The minimum Gasteiger partial charge on any atom is -0.374 e. The molecule has 0 N–H and O–H groups in total. The van der Waals surface area contributed by atoms with Crippen LogP contribution in [0, 0.1) is 0 Å². The Bertz CT molecular complexity index is 937. The van der Waals surface area contributed by atoms with Gasteiger partial charge in [-0.05, 0) is 23.3 Å². The molecule has 3 heterocycles. The van der Waals surface area contributed by atoms with E-state index in [0.29, 0.717) is 26.4 Å². The van der Waals surface area contributed by atoms with Crippen LogP contribution in [-0.2, 0) is 32.2 Å². The molecule has 2 aliphatic rings. The lowest BCUT2D eigenvalue weighted by atomic mass is 9.98. The van der Waals surface area contributed by atoms with Gasteiger partial charge in [0.15, 0.2) is 0 Å². The molecule has 30 heavy (non-hydrogen) atoms. The van der Waals surface area contributed by atoms with Crippen molar-refractivity contribution in [3.05, 3.63) is 102 Å². The van der Waals surface area contributed by atoms with Crippen molar-refractivity contribution < 1.29 is 18.9 Å². The number of fused-ring (bicyclic) bond motifs is 2. The van der Waals surface area contributed by atoms with Crippen LogP contribution in [0.2, 0.25) is 0 Å². The van der Waals surface area contributed by atoms with Crippen molar-refractivity contribution in [3.63, 3.8) is 0 Å². The molecular weight excluding hydrogens is 378 g/mol. The summed E-state index contributed by atoms with van der Waals surface area (Å²) < 4.78 is 25.2. The van der Waals surface area contributed by atoms with Crippen LogP contribution in [0.4, 0.5) is 0 Å². The highest BCUT2D eigenvalue weighted by Gasteiger charge is 2.63. The fourth-order valence-corrected chi connectivity index (χ4v) is 4.23. The Balaban J connectivity index is 1.33. The Hall–Kier alpha value is -2.57. The average molecular weight is 403 g/mol. The van der Waals surface area contributed by atoms with Crippen LogP contribution in [-0.4, -0.2) is 36.0 Å². The first-order valence-corrected chi connectivity index (χ1v) is 10.3. The predicted octanol–water partition coefficient (Wildman–Crippen LogP) is 4.09. The van der Waals surface area contributed by atoms with E-state index in [-0.39, 0.29) is 18.3 Å². The number of nitrogens with zero attached hydrogens (tertiary/aromatic N) is 1.